The van der Waals surface area contributed by atoms with Crippen molar-refractivity contribution in [1.29, 1.82) is 0 Å². The number of carbonyl (C=O) groups is 2. The lowest BCUT2D eigenvalue weighted by Gasteiger charge is -2.33. The lowest BCUT2D eigenvalue weighted by molar-refractivity contribution is -0.137. The number of rotatable bonds is 4. The number of hydrogen-bond donors (Lipinski definition) is 0. The van der Waals surface area contributed by atoms with E-state index >= 15 is 0 Å². The van der Waals surface area contributed by atoms with Gasteiger partial charge in [0.25, 0.3) is 0 Å². The Bertz CT molecular complexity index is 575. The van der Waals surface area contributed by atoms with Gasteiger partial charge in [0.1, 0.15) is 0 Å². The van der Waals surface area contributed by atoms with E-state index in [4.69, 9.17) is 0 Å². The van der Waals surface area contributed by atoms with Crippen LogP contribution in [0.4, 0.5) is 0 Å². The van der Waals surface area contributed by atoms with Gasteiger partial charge in [-0.25, -0.2) is 0 Å². The second kappa shape index (κ2) is 6.72. The molecule has 6 nitrogen and oxygen atoms in total. The summed E-state index contributed by atoms with van der Waals surface area (Å²) in [4.78, 5) is 28.2. The van der Waals surface area contributed by atoms with Crippen LogP contribution in [0.15, 0.2) is 12.4 Å². The Balaban J connectivity index is 1.49. The Morgan fingerprint density at radius 3 is 2.65 bits per heavy atom. The average molecular weight is 318 g/mol. The van der Waals surface area contributed by atoms with Gasteiger partial charge in [-0.3, -0.25) is 14.3 Å². The third-order valence-corrected chi connectivity index (χ3v) is 5.08. The van der Waals surface area contributed by atoms with Gasteiger partial charge in [0.05, 0.1) is 12.1 Å². The molecular weight excluding hydrogens is 292 g/mol. The molecule has 3 heterocycles. The van der Waals surface area contributed by atoms with Crippen LogP contribution in [0.1, 0.15) is 31.7 Å². The second-order valence-electron chi connectivity index (χ2n) is 6.84. The molecule has 2 saturated heterocycles. The van der Waals surface area contributed by atoms with Gasteiger partial charge in [-0.1, -0.05) is 0 Å². The van der Waals surface area contributed by atoms with Crippen molar-refractivity contribution in [2.45, 2.75) is 39.7 Å². The number of nitrogens with zero attached hydrogens (tertiary/aromatic N) is 4. The number of carbonyl (C=O) groups excluding carboxylic acids is 2. The van der Waals surface area contributed by atoms with Crippen molar-refractivity contribution >= 4 is 11.8 Å². The van der Waals surface area contributed by atoms with E-state index in [0.717, 1.165) is 32.5 Å². The van der Waals surface area contributed by atoms with Crippen molar-refractivity contribution in [2.24, 2.45) is 11.8 Å². The molecule has 0 spiro atoms. The molecule has 0 aliphatic carbocycles. The van der Waals surface area contributed by atoms with Crippen LogP contribution >= 0.6 is 0 Å². The largest absolute Gasteiger partial charge is 0.342 e. The molecule has 0 radical (unpaired) electrons. The Morgan fingerprint density at radius 2 is 2.09 bits per heavy atom. The fourth-order valence-corrected chi connectivity index (χ4v) is 3.67. The van der Waals surface area contributed by atoms with Crippen LogP contribution in [0, 0.1) is 18.8 Å². The highest BCUT2D eigenvalue weighted by atomic mass is 16.2. The molecule has 2 aliphatic rings. The fraction of sp³-hybridized carbons (Fsp3) is 0.706. The molecule has 1 aromatic heterocycles. The molecule has 1 aromatic rings. The van der Waals surface area contributed by atoms with Crippen LogP contribution < -0.4 is 0 Å². The molecule has 2 amide bonds. The van der Waals surface area contributed by atoms with Crippen molar-refractivity contribution in [3.8, 4) is 0 Å². The van der Waals surface area contributed by atoms with Crippen LogP contribution in [-0.4, -0.2) is 57.6 Å². The predicted octanol–water partition coefficient (Wildman–Crippen LogP) is 1.30. The number of aryl methyl sites for hydroxylation is 1. The van der Waals surface area contributed by atoms with Crippen molar-refractivity contribution in [3.63, 3.8) is 0 Å². The maximum atomic E-state index is 12.6. The van der Waals surface area contributed by atoms with E-state index in [2.05, 4.69) is 11.3 Å². The van der Waals surface area contributed by atoms with Crippen LogP contribution in [0.5, 0.6) is 0 Å². The Labute approximate surface area is 137 Å². The summed E-state index contributed by atoms with van der Waals surface area (Å²) in [6.07, 6.45) is 6.38. The highest BCUT2D eigenvalue weighted by Crippen LogP contribution is 2.24. The molecule has 1 atom stereocenters. The molecule has 2 aliphatic heterocycles. The predicted molar refractivity (Wildman–Crippen MR) is 86.6 cm³/mol. The molecule has 0 N–H and O–H groups in total. The van der Waals surface area contributed by atoms with Crippen LogP contribution in [0.3, 0.4) is 0 Å². The summed E-state index contributed by atoms with van der Waals surface area (Å²) in [5, 5.41) is 4.35. The minimum atomic E-state index is -0.132. The lowest BCUT2D eigenvalue weighted by Crippen LogP contribution is -2.43. The van der Waals surface area contributed by atoms with Crippen LogP contribution in [0.25, 0.3) is 0 Å². The molecule has 3 rings (SSSR count). The van der Waals surface area contributed by atoms with Crippen molar-refractivity contribution < 1.29 is 9.59 Å². The minimum Gasteiger partial charge on any atom is -0.342 e. The molecular formula is C17H26N4O2. The number of amides is 2. The first kappa shape index (κ1) is 16.0. The smallest absolute Gasteiger partial charge is 0.227 e. The molecule has 0 aromatic carbocycles. The zero-order valence-electron chi connectivity index (χ0n) is 14.1. The molecule has 23 heavy (non-hydrogen) atoms. The van der Waals surface area contributed by atoms with E-state index in [0.29, 0.717) is 25.4 Å². The van der Waals surface area contributed by atoms with E-state index < -0.39 is 0 Å². The van der Waals surface area contributed by atoms with E-state index in [1.807, 2.05) is 29.6 Å². The third kappa shape index (κ3) is 3.57. The topological polar surface area (TPSA) is 58.4 Å². The molecule has 6 heteroatoms. The van der Waals surface area contributed by atoms with Gasteiger partial charge in [-0.05, 0) is 38.2 Å². The Kier molecular flexibility index (Phi) is 4.68. The Hall–Kier alpha value is -1.85. The van der Waals surface area contributed by atoms with Gasteiger partial charge < -0.3 is 9.80 Å². The molecule has 2 fully saturated rings. The first-order valence-electron chi connectivity index (χ1n) is 8.62. The standard InChI is InChI=1S/C17H26N4O2/c1-3-19-12-15(8-16(19)22)17(23)20-6-4-14(5-7-20)11-21-10-13(2)9-18-21/h9-10,14-15H,3-8,11-12H2,1-2H3/t15-/m0/s1. The monoisotopic (exact) mass is 318 g/mol. The van der Waals surface area contributed by atoms with E-state index in [-0.39, 0.29) is 17.7 Å². The molecule has 126 valence electrons. The van der Waals surface area contributed by atoms with Gasteiger partial charge >= 0.3 is 0 Å². The van der Waals surface area contributed by atoms with E-state index in [1.54, 1.807) is 4.90 Å². The molecule has 0 unspecified atom stereocenters. The van der Waals surface area contributed by atoms with Crippen molar-refractivity contribution in [3.05, 3.63) is 18.0 Å². The lowest BCUT2D eigenvalue weighted by atomic mass is 9.95. The summed E-state index contributed by atoms with van der Waals surface area (Å²) in [6.45, 7) is 7.86. The van der Waals surface area contributed by atoms with E-state index in [9.17, 15) is 9.59 Å². The number of piperidine rings is 1. The fourth-order valence-electron chi connectivity index (χ4n) is 3.67. The molecule has 0 saturated carbocycles. The van der Waals surface area contributed by atoms with Crippen LogP contribution in [0.2, 0.25) is 0 Å². The van der Waals surface area contributed by atoms with Gasteiger partial charge in [0, 0.05) is 45.3 Å². The van der Waals surface area contributed by atoms with Gasteiger partial charge in [-0.15, -0.1) is 0 Å². The third-order valence-electron chi connectivity index (χ3n) is 5.08. The van der Waals surface area contributed by atoms with Gasteiger partial charge in [-0.2, -0.15) is 5.10 Å². The summed E-state index contributed by atoms with van der Waals surface area (Å²) in [7, 11) is 0. The zero-order valence-corrected chi connectivity index (χ0v) is 14.1. The summed E-state index contributed by atoms with van der Waals surface area (Å²) in [5.74, 6) is 0.737. The van der Waals surface area contributed by atoms with E-state index in [1.165, 1.54) is 5.56 Å². The average Bonchev–Trinajstić information content (AvgIpc) is 3.13. The summed E-state index contributed by atoms with van der Waals surface area (Å²) in [5.41, 5.74) is 1.18. The summed E-state index contributed by atoms with van der Waals surface area (Å²) in [6, 6.07) is 0. The zero-order chi connectivity index (χ0) is 16.4. The summed E-state index contributed by atoms with van der Waals surface area (Å²) >= 11 is 0. The quantitative estimate of drug-likeness (QED) is 0.841. The number of hydrogen-bond acceptors (Lipinski definition) is 3. The highest BCUT2D eigenvalue weighted by molar-refractivity contribution is 5.89. The maximum Gasteiger partial charge on any atom is 0.227 e. The maximum absolute atomic E-state index is 12.6. The highest BCUT2D eigenvalue weighted by Gasteiger charge is 2.36. The first-order chi connectivity index (χ1) is 11.1. The number of aromatic nitrogens is 2. The Morgan fingerprint density at radius 1 is 1.35 bits per heavy atom. The van der Waals surface area contributed by atoms with Gasteiger partial charge in [0.2, 0.25) is 11.8 Å². The van der Waals surface area contributed by atoms with Crippen molar-refractivity contribution in [1.82, 2.24) is 19.6 Å². The minimum absolute atomic E-state index is 0.120. The van der Waals surface area contributed by atoms with Crippen LogP contribution in [-0.2, 0) is 16.1 Å². The SMILES string of the molecule is CCN1C[C@@H](C(=O)N2CCC(Cn3cc(C)cn3)CC2)CC1=O. The summed E-state index contributed by atoms with van der Waals surface area (Å²) < 4.78 is 2.01. The normalized spacial score (nSPS) is 22.9. The number of likely N-dealkylation sites (tertiary alicyclic amines) is 2. The van der Waals surface area contributed by atoms with Crippen molar-refractivity contribution in [2.75, 3.05) is 26.2 Å². The molecule has 0 bridgehead atoms. The second-order valence-corrected chi connectivity index (χ2v) is 6.84. The van der Waals surface area contributed by atoms with Gasteiger partial charge in [0.15, 0.2) is 0 Å². The first-order valence-corrected chi connectivity index (χ1v) is 8.62.